The SMILES string of the molecule is Cc1cc(=O)[nH]c(C)c1C(=O)N[C@@H]1[C@@H](Cc2ccccc2)[C@H]2OCC[C@@H]12. The molecule has 4 atom stereocenters. The zero-order chi connectivity index (χ0) is 18.3. The third-order valence-electron chi connectivity index (χ3n) is 5.79. The minimum atomic E-state index is -0.175. The van der Waals surface area contributed by atoms with Crippen molar-refractivity contribution in [3.63, 3.8) is 0 Å². The second-order valence-electron chi connectivity index (χ2n) is 7.46. The molecule has 1 aromatic carbocycles. The van der Waals surface area contributed by atoms with Gasteiger partial charge in [0, 0.05) is 36.2 Å². The molecule has 1 aliphatic heterocycles. The molecule has 5 nitrogen and oxygen atoms in total. The highest BCUT2D eigenvalue weighted by atomic mass is 16.5. The Kier molecular flexibility index (Phi) is 4.41. The van der Waals surface area contributed by atoms with Crippen molar-refractivity contribution in [3.05, 3.63) is 69.1 Å². The Labute approximate surface area is 152 Å². The van der Waals surface area contributed by atoms with E-state index in [9.17, 15) is 9.59 Å². The third-order valence-corrected chi connectivity index (χ3v) is 5.79. The third kappa shape index (κ3) is 2.97. The number of fused-ring (bicyclic) bond motifs is 1. The number of pyridine rings is 1. The van der Waals surface area contributed by atoms with Gasteiger partial charge in [0.15, 0.2) is 0 Å². The smallest absolute Gasteiger partial charge is 0.253 e. The maximum Gasteiger partial charge on any atom is 0.253 e. The number of hydrogen-bond acceptors (Lipinski definition) is 3. The number of H-pyrrole nitrogens is 1. The Balaban J connectivity index is 1.54. The maximum absolute atomic E-state index is 12.9. The largest absolute Gasteiger partial charge is 0.377 e. The zero-order valence-electron chi connectivity index (χ0n) is 15.1. The van der Waals surface area contributed by atoms with Gasteiger partial charge in [-0.25, -0.2) is 0 Å². The van der Waals surface area contributed by atoms with Gasteiger partial charge in [-0.3, -0.25) is 9.59 Å². The predicted molar refractivity (Wildman–Crippen MR) is 99.3 cm³/mol. The average molecular weight is 352 g/mol. The molecule has 2 aliphatic rings. The summed E-state index contributed by atoms with van der Waals surface area (Å²) in [7, 11) is 0. The molecule has 0 bridgehead atoms. The Morgan fingerprint density at radius 1 is 1.27 bits per heavy atom. The standard InChI is InChI=1S/C21H24N2O3/c1-12-10-17(24)22-13(2)18(12)21(25)23-19-15-8-9-26-20(15)16(19)11-14-6-4-3-5-7-14/h3-7,10,15-16,19-20H,8-9,11H2,1-2H3,(H,22,24)(H,23,25)/t15-,16+,19-,20-/m0/s1. The van der Waals surface area contributed by atoms with E-state index in [-0.39, 0.29) is 29.5 Å². The molecule has 1 saturated carbocycles. The number of carbonyl (C=O) groups is 1. The van der Waals surface area contributed by atoms with Crippen LogP contribution < -0.4 is 10.9 Å². The lowest BCUT2D eigenvalue weighted by molar-refractivity contribution is -0.0528. The first-order valence-corrected chi connectivity index (χ1v) is 9.21. The molecule has 2 heterocycles. The molecule has 5 heteroatoms. The van der Waals surface area contributed by atoms with E-state index in [0.717, 1.165) is 19.4 Å². The number of carbonyl (C=O) groups excluding carboxylic acids is 1. The van der Waals surface area contributed by atoms with Crippen LogP contribution in [0.4, 0.5) is 0 Å². The molecule has 1 saturated heterocycles. The molecule has 0 unspecified atom stereocenters. The van der Waals surface area contributed by atoms with Crippen LogP contribution in [-0.2, 0) is 11.2 Å². The number of nitrogens with one attached hydrogen (secondary N) is 2. The molecule has 0 radical (unpaired) electrons. The summed E-state index contributed by atoms with van der Waals surface area (Å²) in [6.45, 7) is 4.34. The second kappa shape index (κ2) is 6.72. The van der Waals surface area contributed by atoms with Crippen LogP contribution in [0.5, 0.6) is 0 Å². The van der Waals surface area contributed by atoms with Crippen LogP contribution in [-0.4, -0.2) is 29.6 Å². The number of aryl methyl sites for hydroxylation is 2. The van der Waals surface area contributed by atoms with Crippen LogP contribution in [0.15, 0.2) is 41.2 Å². The summed E-state index contributed by atoms with van der Waals surface area (Å²) < 4.78 is 5.92. The van der Waals surface area contributed by atoms with Gasteiger partial charge >= 0.3 is 0 Å². The molecule has 2 fully saturated rings. The van der Waals surface area contributed by atoms with Gasteiger partial charge in [-0.05, 0) is 37.8 Å². The van der Waals surface area contributed by atoms with Crippen molar-refractivity contribution in [2.75, 3.05) is 6.61 Å². The molecule has 2 aromatic rings. The van der Waals surface area contributed by atoms with Crippen LogP contribution in [0.2, 0.25) is 0 Å². The van der Waals surface area contributed by atoms with Crippen LogP contribution >= 0.6 is 0 Å². The summed E-state index contributed by atoms with van der Waals surface area (Å²) in [4.78, 5) is 27.2. The van der Waals surface area contributed by atoms with Crippen molar-refractivity contribution >= 4 is 5.91 Å². The van der Waals surface area contributed by atoms with E-state index in [0.29, 0.717) is 22.7 Å². The van der Waals surface area contributed by atoms with Gasteiger partial charge in [0.25, 0.3) is 5.91 Å². The molecule has 1 aromatic heterocycles. The highest BCUT2D eigenvalue weighted by molar-refractivity contribution is 5.96. The van der Waals surface area contributed by atoms with Crippen molar-refractivity contribution in [1.29, 1.82) is 0 Å². The maximum atomic E-state index is 12.9. The number of benzene rings is 1. The fourth-order valence-corrected chi connectivity index (χ4v) is 4.59. The fourth-order valence-electron chi connectivity index (χ4n) is 4.59. The number of ether oxygens (including phenoxy) is 1. The van der Waals surface area contributed by atoms with Gasteiger partial charge in [-0.15, -0.1) is 0 Å². The van der Waals surface area contributed by atoms with E-state index >= 15 is 0 Å². The van der Waals surface area contributed by atoms with Gasteiger partial charge < -0.3 is 15.0 Å². The second-order valence-corrected chi connectivity index (χ2v) is 7.46. The van der Waals surface area contributed by atoms with Crippen molar-refractivity contribution in [2.45, 2.75) is 38.8 Å². The van der Waals surface area contributed by atoms with E-state index in [1.54, 1.807) is 13.8 Å². The Hall–Kier alpha value is -2.40. The summed E-state index contributed by atoms with van der Waals surface area (Å²) in [6.07, 6.45) is 2.12. The number of hydrogen-bond donors (Lipinski definition) is 2. The normalized spacial score (nSPS) is 26.8. The first kappa shape index (κ1) is 17.0. The average Bonchev–Trinajstić information content (AvgIpc) is 3.02. The molecule has 1 aliphatic carbocycles. The van der Waals surface area contributed by atoms with Gasteiger partial charge in [-0.2, -0.15) is 0 Å². The van der Waals surface area contributed by atoms with Gasteiger partial charge in [0.1, 0.15) is 0 Å². The predicted octanol–water partition coefficient (Wildman–Crippen LogP) is 2.37. The monoisotopic (exact) mass is 352 g/mol. The lowest BCUT2D eigenvalue weighted by Gasteiger charge is -2.48. The number of aromatic amines is 1. The Morgan fingerprint density at radius 2 is 2.04 bits per heavy atom. The lowest BCUT2D eigenvalue weighted by atomic mass is 9.64. The first-order valence-electron chi connectivity index (χ1n) is 9.21. The molecule has 2 N–H and O–H groups in total. The molecule has 136 valence electrons. The fraction of sp³-hybridized carbons (Fsp3) is 0.429. The molecular weight excluding hydrogens is 328 g/mol. The Bertz CT molecular complexity index is 848. The first-order chi connectivity index (χ1) is 12.5. The summed E-state index contributed by atoms with van der Waals surface area (Å²) in [6, 6.07) is 11.9. The van der Waals surface area contributed by atoms with Crippen molar-refractivity contribution in [1.82, 2.24) is 10.3 Å². The minimum Gasteiger partial charge on any atom is -0.377 e. The topological polar surface area (TPSA) is 71.2 Å². The van der Waals surface area contributed by atoms with Crippen LogP contribution in [0.1, 0.15) is 33.6 Å². The zero-order valence-corrected chi connectivity index (χ0v) is 15.1. The van der Waals surface area contributed by atoms with E-state index in [2.05, 4.69) is 22.4 Å². The van der Waals surface area contributed by atoms with Crippen LogP contribution in [0.25, 0.3) is 0 Å². The van der Waals surface area contributed by atoms with E-state index in [4.69, 9.17) is 4.74 Å². The van der Waals surface area contributed by atoms with Crippen LogP contribution in [0.3, 0.4) is 0 Å². The highest BCUT2D eigenvalue weighted by Crippen LogP contribution is 2.45. The quantitative estimate of drug-likeness (QED) is 0.887. The summed E-state index contributed by atoms with van der Waals surface area (Å²) >= 11 is 0. The molecule has 0 spiro atoms. The molecule has 4 rings (SSSR count). The lowest BCUT2D eigenvalue weighted by Crippen LogP contribution is -2.62. The summed E-state index contributed by atoms with van der Waals surface area (Å²) in [5.74, 6) is 0.568. The molecular formula is C21H24N2O3. The van der Waals surface area contributed by atoms with Crippen molar-refractivity contribution < 1.29 is 9.53 Å². The number of amides is 1. The van der Waals surface area contributed by atoms with Crippen LogP contribution in [0, 0.1) is 25.7 Å². The summed E-state index contributed by atoms with van der Waals surface area (Å²) in [5, 5.41) is 3.23. The highest BCUT2D eigenvalue weighted by Gasteiger charge is 2.54. The summed E-state index contributed by atoms with van der Waals surface area (Å²) in [5.41, 5.74) is 2.99. The van der Waals surface area contributed by atoms with E-state index in [1.165, 1.54) is 11.6 Å². The van der Waals surface area contributed by atoms with Gasteiger partial charge in [0.05, 0.1) is 11.7 Å². The Morgan fingerprint density at radius 3 is 2.77 bits per heavy atom. The molecule has 26 heavy (non-hydrogen) atoms. The van der Waals surface area contributed by atoms with Crippen molar-refractivity contribution in [3.8, 4) is 0 Å². The van der Waals surface area contributed by atoms with Gasteiger partial charge in [-0.1, -0.05) is 30.3 Å². The number of aromatic nitrogens is 1. The number of rotatable bonds is 4. The minimum absolute atomic E-state index is 0.107. The van der Waals surface area contributed by atoms with E-state index in [1.807, 2.05) is 18.2 Å². The van der Waals surface area contributed by atoms with Gasteiger partial charge in [0.2, 0.25) is 5.56 Å². The van der Waals surface area contributed by atoms with E-state index < -0.39 is 0 Å². The van der Waals surface area contributed by atoms with Crippen molar-refractivity contribution in [2.24, 2.45) is 11.8 Å². The molecule has 1 amide bonds.